The summed E-state index contributed by atoms with van der Waals surface area (Å²) in [5, 5.41) is 5.06. The number of benzene rings is 2. The van der Waals surface area contributed by atoms with Crippen molar-refractivity contribution in [3.05, 3.63) is 59.7 Å². The number of carbonyl (C=O) groups is 2. The Morgan fingerprint density at radius 3 is 2.61 bits per heavy atom. The molecule has 0 saturated carbocycles. The van der Waals surface area contributed by atoms with Gasteiger partial charge in [-0.05, 0) is 23.6 Å². The summed E-state index contributed by atoms with van der Waals surface area (Å²) in [7, 11) is 0. The third kappa shape index (κ3) is 3.69. The monoisotopic (exact) mass is 310 g/mol. The maximum atomic E-state index is 11.6. The van der Waals surface area contributed by atoms with Crippen molar-refractivity contribution in [2.24, 2.45) is 0 Å². The summed E-state index contributed by atoms with van der Waals surface area (Å²) >= 11 is 0. The topological polar surface area (TPSA) is 67.4 Å². The highest BCUT2D eigenvalue weighted by molar-refractivity contribution is 5.90. The molecule has 1 aliphatic rings. The normalized spacial score (nSPS) is 16.2. The molecule has 23 heavy (non-hydrogen) atoms. The number of nitrogens with one attached hydrogen (secondary N) is 2. The average Bonchev–Trinajstić information content (AvgIpc) is 2.57. The van der Waals surface area contributed by atoms with Crippen LogP contribution in [-0.4, -0.2) is 24.6 Å². The van der Waals surface area contributed by atoms with Gasteiger partial charge >= 0.3 is 6.09 Å². The van der Waals surface area contributed by atoms with E-state index in [0.717, 1.165) is 16.7 Å². The standard InChI is InChI=1S/C18H18N2O3/c1-12-3-2-4-15(9-12)14-7-5-13(6-8-14)11-23-18(22)20-16-10-19-17(16)21/h2-9,16H,10-11H2,1H3,(H,19,21)(H,20,22)/t16-/m0/s1. The summed E-state index contributed by atoms with van der Waals surface area (Å²) in [6.45, 7) is 2.69. The second-order valence-electron chi connectivity index (χ2n) is 5.58. The largest absolute Gasteiger partial charge is 0.445 e. The molecule has 0 aliphatic carbocycles. The molecule has 0 spiro atoms. The van der Waals surface area contributed by atoms with E-state index in [9.17, 15) is 9.59 Å². The van der Waals surface area contributed by atoms with Crippen LogP contribution >= 0.6 is 0 Å². The van der Waals surface area contributed by atoms with Gasteiger partial charge in [0.1, 0.15) is 12.6 Å². The van der Waals surface area contributed by atoms with Gasteiger partial charge in [-0.15, -0.1) is 0 Å². The van der Waals surface area contributed by atoms with Crippen LogP contribution in [0.25, 0.3) is 11.1 Å². The van der Waals surface area contributed by atoms with Crippen LogP contribution in [0.1, 0.15) is 11.1 Å². The fraction of sp³-hybridized carbons (Fsp3) is 0.222. The number of hydrogen-bond acceptors (Lipinski definition) is 3. The van der Waals surface area contributed by atoms with Crippen LogP contribution in [0.4, 0.5) is 4.79 Å². The van der Waals surface area contributed by atoms with Gasteiger partial charge in [-0.3, -0.25) is 4.79 Å². The minimum Gasteiger partial charge on any atom is -0.445 e. The van der Waals surface area contributed by atoms with Crippen molar-refractivity contribution >= 4 is 12.0 Å². The van der Waals surface area contributed by atoms with Crippen molar-refractivity contribution in [3.8, 4) is 11.1 Å². The van der Waals surface area contributed by atoms with E-state index in [1.54, 1.807) is 0 Å². The summed E-state index contributed by atoms with van der Waals surface area (Å²) in [4.78, 5) is 22.6. The van der Waals surface area contributed by atoms with Crippen molar-refractivity contribution in [1.82, 2.24) is 10.6 Å². The predicted molar refractivity (Wildman–Crippen MR) is 86.7 cm³/mol. The molecule has 5 nitrogen and oxygen atoms in total. The number of aryl methyl sites for hydroxylation is 1. The molecule has 2 aromatic carbocycles. The van der Waals surface area contributed by atoms with Crippen molar-refractivity contribution < 1.29 is 14.3 Å². The number of amides is 2. The summed E-state index contributed by atoms with van der Waals surface area (Å²) in [5.41, 5.74) is 4.39. The van der Waals surface area contributed by atoms with Gasteiger partial charge in [0.05, 0.1) is 0 Å². The van der Waals surface area contributed by atoms with Gasteiger partial charge in [0, 0.05) is 6.54 Å². The Kier molecular flexibility index (Phi) is 4.28. The Balaban J connectivity index is 1.55. The molecule has 0 radical (unpaired) electrons. The maximum Gasteiger partial charge on any atom is 0.408 e. The van der Waals surface area contributed by atoms with E-state index in [4.69, 9.17) is 4.74 Å². The van der Waals surface area contributed by atoms with Gasteiger partial charge < -0.3 is 15.4 Å². The highest BCUT2D eigenvalue weighted by atomic mass is 16.5. The van der Waals surface area contributed by atoms with E-state index < -0.39 is 12.1 Å². The lowest BCUT2D eigenvalue weighted by Crippen LogP contribution is -2.61. The second kappa shape index (κ2) is 6.52. The third-order valence-corrected chi connectivity index (χ3v) is 3.76. The molecular formula is C18H18N2O3. The minimum absolute atomic E-state index is 0.175. The molecule has 1 heterocycles. The quantitative estimate of drug-likeness (QED) is 0.852. The molecule has 0 unspecified atom stereocenters. The maximum absolute atomic E-state index is 11.6. The van der Waals surface area contributed by atoms with Crippen LogP contribution in [0.3, 0.4) is 0 Å². The fourth-order valence-corrected chi connectivity index (χ4v) is 2.35. The molecule has 2 aromatic rings. The minimum atomic E-state index is -0.576. The molecule has 0 aromatic heterocycles. The van der Waals surface area contributed by atoms with E-state index >= 15 is 0 Å². The highest BCUT2D eigenvalue weighted by Gasteiger charge is 2.29. The summed E-state index contributed by atoms with van der Waals surface area (Å²) < 4.78 is 5.12. The van der Waals surface area contributed by atoms with Gasteiger partial charge in [0.15, 0.2) is 0 Å². The zero-order valence-electron chi connectivity index (χ0n) is 12.8. The van der Waals surface area contributed by atoms with Crippen molar-refractivity contribution in [2.45, 2.75) is 19.6 Å². The first kappa shape index (κ1) is 15.1. The lowest BCUT2D eigenvalue weighted by molar-refractivity contribution is -0.128. The smallest absolute Gasteiger partial charge is 0.408 e. The van der Waals surface area contributed by atoms with Crippen molar-refractivity contribution in [2.75, 3.05) is 6.54 Å². The average molecular weight is 310 g/mol. The molecule has 1 aliphatic heterocycles. The number of β-lactam (4-membered cyclic amide) rings is 1. The number of alkyl carbamates (subject to hydrolysis) is 1. The predicted octanol–water partition coefficient (Wildman–Crippen LogP) is 2.39. The van der Waals surface area contributed by atoms with Crippen LogP contribution in [0.2, 0.25) is 0 Å². The first-order valence-corrected chi connectivity index (χ1v) is 7.49. The Morgan fingerprint density at radius 1 is 1.22 bits per heavy atom. The molecular weight excluding hydrogens is 292 g/mol. The van der Waals surface area contributed by atoms with Crippen LogP contribution in [0.15, 0.2) is 48.5 Å². The number of rotatable bonds is 4. The van der Waals surface area contributed by atoms with Gasteiger partial charge in [0.25, 0.3) is 0 Å². The lowest BCUT2D eigenvalue weighted by Gasteiger charge is -2.26. The first-order valence-electron chi connectivity index (χ1n) is 7.49. The Bertz CT molecular complexity index is 725. The molecule has 0 bridgehead atoms. The van der Waals surface area contributed by atoms with E-state index in [-0.39, 0.29) is 12.5 Å². The van der Waals surface area contributed by atoms with E-state index in [0.29, 0.717) is 6.54 Å². The van der Waals surface area contributed by atoms with E-state index in [1.165, 1.54) is 5.56 Å². The van der Waals surface area contributed by atoms with Gasteiger partial charge in [0.2, 0.25) is 5.91 Å². The zero-order valence-corrected chi connectivity index (χ0v) is 12.8. The fourth-order valence-electron chi connectivity index (χ4n) is 2.35. The molecule has 5 heteroatoms. The van der Waals surface area contributed by atoms with Gasteiger partial charge in [-0.25, -0.2) is 4.79 Å². The number of carbonyl (C=O) groups excluding carboxylic acids is 2. The van der Waals surface area contributed by atoms with Crippen molar-refractivity contribution in [3.63, 3.8) is 0 Å². The zero-order chi connectivity index (χ0) is 16.2. The molecule has 1 fully saturated rings. The molecule has 2 amide bonds. The summed E-state index contributed by atoms with van der Waals surface area (Å²) in [6.07, 6.45) is -0.576. The van der Waals surface area contributed by atoms with E-state index in [1.807, 2.05) is 30.3 Å². The first-order chi connectivity index (χ1) is 11.1. The summed E-state index contributed by atoms with van der Waals surface area (Å²) in [5.74, 6) is -0.176. The Labute approximate surface area is 134 Å². The SMILES string of the molecule is Cc1cccc(-c2ccc(COC(=O)N[C@H]3CNC3=O)cc2)c1. The van der Waals surface area contributed by atoms with Crippen LogP contribution in [0.5, 0.6) is 0 Å². The highest BCUT2D eigenvalue weighted by Crippen LogP contribution is 2.21. The molecule has 1 saturated heterocycles. The Morgan fingerprint density at radius 2 is 2.00 bits per heavy atom. The third-order valence-electron chi connectivity index (χ3n) is 3.76. The van der Waals surface area contributed by atoms with Crippen molar-refractivity contribution in [1.29, 1.82) is 0 Å². The van der Waals surface area contributed by atoms with Gasteiger partial charge in [-0.2, -0.15) is 0 Å². The van der Waals surface area contributed by atoms with Crippen LogP contribution in [-0.2, 0) is 16.1 Å². The van der Waals surface area contributed by atoms with Crippen LogP contribution < -0.4 is 10.6 Å². The Hall–Kier alpha value is -2.82. The van der Waals surface area contributed by atoms with Crippen LogP contribution in [0, 0.1) is 6.92 Å². The number of hydrogen-bond donors (Lipinski definition) is 2. The second-order valence-corrected chi connectivity index (χ2v) is 5.58. The molecule has 1 atom stereocenters. The molecule has 3 rings (SSSR count). The molecule has 118 valence electrons. The van der Waals surface area contributed by atoms with E-state index in [2.05, 4.69) is 35.8 Å². The summed E-state index contributed by atoms with van der Waals surface area (Å²) in [6, 6.07) is 15.7. The lowest BCUT2D eigenvalue weighted by atomic mass is 10.0. The van der Waals surface area contributed by atoms with Gasteiger partial charge in [-0.1, -0.05) is 54.1 Å². The molecule has 2 N–H and O–H groups in total. The number of ether oxygens (including phenoxy) is 1.